The summed E-state index contributed by atoms with van der Waals surface area (Å²) in [5.41, 5.74) is 2.04. The second-order valence-corrected chi connectivity index (χ2v) is 9.16. The van der Waals surface area contributed by atoms with Gasteiger partial charge in [0.1, 0.15) is 0 Å². The fourth-order valence-electron chi connectivity index (χ4n) is 2.05. The molecule has 2 rings (SSSR count). The molecule has 0 saturated carbocycles. The Morgan fingerprint density at radius 3 is 2.55 bits per heavy atom. The van der Waals surface area contributed by atoms with Crippen molar-refractivity contribution in [1.82, 2.24) is 5.32 Å². The molecule has 1 heterocycles. The number of nitrogens with one attached hydrogen (secondary N) is 1. The van der Waals surface area contributed by atoms with E-state index in [1.807, 2.05) is 31.2 Å². The minimum Gasteiger partial charge on any atom is -0.307 e. The molecular weight excluding hydrogens is 496 g/mol. The van der Waals surface area contributed by atoms with Crippen molar-refractivity contribution in [2.75, 3.05) is 6.54 Å². The van der Waals surface area contributed by atoms with Gasteiger partial charge in [0.25, 0.3) is 0 Å². The monoisotopic (exact) mass is 511 g/mol. The zero-order valence-corrected chi connectivity index (χ0v) is 16.2. The molecule has 2 nitrogen and oxygen atoms in total. The van der Waals surface area contributed by atoms with Crippen LogP contribution in [0.25, 0.3) is 0 Å². The number of carbonyl (C=O) groups excluding carboxylic acids is 1. The second kappa shape index (κ2) is 7.86. The first-order chi connectivity index (χ1) is 9.61. The summed E-state index contributed by atoms with van der Waals surface area (Å²) in [6.07, 6.45) is 0.732. The molecule has 0 radical (unpaired) electrons. The second-order valence-electron chi connectivity index (χ2n) is 4.40. The van der Waals surface area contributed by atoms with Crippen molar-refractivity contribution in [3.05, 3.63) is 53.3 Å². The van der Waals surface area contributed by atoms with Crippen LogP contribution < -0.4 is 5.32 Å². The number of Topliss-reactive ketones (excluding diaryl/α,β-unsaturated/α-hetero) is 1. The van der Waals surface area contributed by atoms with E-state index < -0.39 is 0 Å². The Labute approximate surface area is 150 Å². The van der Waals surface area contributed by atoms with Gasteiger partial charge in [-0.25, -0.2) is 0 Å². The Morgan fingerprint density at radius 1 is 1.30 bits per heavy atom. The standard InChI is InChI=1S/C15H15I2NOS/c1-2-18-12(8-10-6-4-3-5-7-10)14(19)11-9-13(16)20-15(11)17/h3-7,9,12,18H,2,8H2,1H3/t12-/m0/s1. The first-order valence-corrected chi connectivity index (χ1v) is 9.35. The van der Waals surface area contributed by atoms with Crippen LogP contribution in [-0.4, -0.2) is 18.4 Å². The van der Waals surface area contributed by atoms with Crippen LogP contribution in [0, 0.1) is 5.77 Å². The van der Waals surface area contributed by atoms with Crippen LogP contribution in [0.15, 0.2) is 36.4 Å². The van der Waals surface area contributed by atoms with Gasteiger partial charge < -0.3 is 5.32 Å². The molecule has 2 aromatic rings. The maximum atomic E-state index is 12.7. The number of hydrogen-bond acceptors (Lipinski definition) is 3. The number of carbonyl (C=O) groups is 1. The van der Waals surface area contributed by atoms with Crippen molar-refractivity contribution in [1.29, 1.82) is 0 Å². The number of hydrogen-bond donors (Lipinski definition) is 1. The van der Waals surface area contributed by atoms with Gasteiger partial charge in [0.15, 0.2) is 5.78 Å². The van der Waals surface area contributed by atoms with Crippen molar-refractivity contribution in [3.8, 4) is 0 Å². The molecule has 0 aliphatic rings. The molecule has 1 aromatic carbocycles. The fourth-order valence-corrected chi connectivity index (χ4v) is 6.04. The maximum Gasteiger partial charge on any atom is 0.182 e. The quantitative estimate of drug-likeness (QED) is 0.462. The maximum absolute atomic E-state index is 12.7. The number of thiophene rings is 1. The van der Waals surface area contributed by atoms with E-state index >= 15 is 0 Å². The zero-order valence-electron chi connectivity index (χ0n) is 11.0. The molecule has 0 aliphatic heterocycles. The molecule has 0 spiro atoms. The first kappa shape index (κ1) is 16.4. The third-order valence-electron chi connectivity index (χ3n) is 2.97. The summed E-state index contributed by atoms with van der Waals surface area (Å²) in [4.78, 5) is 12.7. The highest BCUT2D eigenvalue weighted by atomic mass is 127. The normalized spacial score (nSPS) is 12.3. The summed E-state index contributed by atoms with van der Waals surface area (Å²) in [5, 5.41) is 3.32. The summed E-state index contributed by atoms with van der Waals surface area (Å²) in [6.45, 7) is 2.83. The first-order valence-electron chi connectivity index (χ1n) is 6.38. The minimum atomic E-state index is -0.152. The van der Waals surface area contributed by atoms with Gasteiger partial charge in [-0.15, -0.1) is 11.3 Å². The number of ketones is 1. The topological polar surface area (TPSA) is 29.1 Å². The lowest BCUT2D eigenvalue weighted by Gasteiger charge is -2.16. The van der Waals surface area contributed by atoms with Gasteiger partial charge >= 0.3 is 0 Å². The lowest BCUT2D eigenvalue weighted by Crippen LogP contribution is -2.38. The Balaban J connectivity index is 2.20. The van der Waals surface area contributed by atoms with E-state index in [9.17, 15) is 4.79 Å². The van der Waals surface area contributed by atoms with Crippen LogP contribution in [0.1, 0.15) is 22.8 Å². The Kier molecular flexibility index (Phi) is 6.44. The zero-order chi connectivity index (χ0) is 14.5. The van der Waals surface area contributed by atoms with E-state index in [0.29, 0.717) is 0 Å². The predicted molar refractivity (Wildman–Crippen MR) is 102 cm³/mol. The van der Waals surface area contributed by atoms with Crippen molar-refractivity contribution >= 4 is 62.3 Å². The summed E-state index contributed by atoms with van der Waals surface area (Å²) in [5.74, 6) is 0.194. The van der Waals surface area contributed by atoms with Gasteiger partial charge in [0.05, 0.1) is 11.8 Å². The highest BCUT2D eigenvalue weighted by Gasteiger charge is 2.23. The SMILES string of the molecule is CCN[C@@H](Cc1ccccc1)C(=O)c1cc(I)sc1I. The van der Waals surface area contributed by atoms with E-state index in [1.54, 1.807) is 11.3 Å². The summed E-state index contributed by atoms with van der Waals surface area (Å²) in [6, 6.07) is 12.0. The van der Waals surface area contributed by atoms with Crippen LogP contribution in [0.4, 0.5) is 0 Å². The molecule has 5 heteroatoms. The van der Waals surface area contributed by atoms with Crippen molar-refractivity contribution in [2.24, 2.45) is 0 Å². The predicted octanol–water partition coefficient (Wildman–Crippen LogP) is 4.36. The molecule has 0 aliphatic carbocycles. The van der Waals surface area contributed by atoms with Gasteiger partial charge in [0.2, 0.25) is 0 Å². The highest BCUT2D eigenvalue weighted by molar-refractivity contribution is 14.1. The van der Waals surface area contributed by atoms with Crippen LogP contribution in [-0.2, 0) is 6.42 Å². The molecule has 0 amide bonds. The smallest absolute Gasteiger partial charge is 0.182 e. The van der Waals surface area contributed by atoms with E-state index in [1.165, 1.54) is 5.56 Å². The fraction of sp³-hybridized carbons (Fsp3) is 0.267. The molecule has 0 saturated heterocycles. The lowest BCUT2D eigenvalue weighted by atomic mass is 9.99. The molecule has 1 atom stereocenters. The van der Waals surface area contributed by atoms with Gasteiger partial charge in [0, 0.05) is 5.56 Å². The Morgan fingerprint density at radius 2 is 2.00 bits per heavy atom. The van der Waals surface area contributed by atoms with Crippen LogP contribution in [0.2, 0.25) is 0 Å². The molecule has 20 heavy (non-hydrogen) atoms. The van der Waals surface area contributed by atoms with E-state index in [4.69, 9.17) is 0 Å². The van der Waals surface area contributed by atoms with Crippen LogP contribution >= 0.6 is 56.5 Å². The Hall–Kier alpha value is 0.01000. The molecular formula is C15H15I2NOS. The van der Waals surface area contributed by atoms with Gasteiger partial charge in [-0.05, 0) is 69.8 Å². The number of benzene rings is 1. The largest absolute Gasteiger partial charge is 0.307 e. The van der Waals surface area contributed by atoms with E-state index in [2.05, 4.69) is 62.6 Å². The third kappa shape index (κ3) is 4.25. The van der Waals surface area contributed by atoms with Gasteiger partial charge in [-0.2, -0.15) is 0 Å². The summed E-state index contributed by atoms with van der Waals surface area (Å²) < 4.78 is 2.23. The Bertz CT molecular complexity index is 583. The van der Waals surface area contributed by atoms with Gasteiger partial charge in [-0.1, -0.05) is 37.3 Å². The molecule has 1 N–H and O–H groups in total. The molecule has 106 valence electrons. The minimum absolute atomic E-state index is 0.152. The molecule has 1 aromatic heterocycles. The summed E-state index contributed by atoms with van der Waals surface area (Å²) >= 11 is 6.19. The van der Waals surface area contributed by atoms with E-state index in [-0.39, 0.29) is 11.8 Å². The molecule has 0 bridgehead atoms. The molecule has 0 fully saturated rings. The molecule has 0 unspecified atom stereocenters. The average molecular weight is 511 g/mol. The van der Waals surface area contributed by atoms with E-state index in [0.717, 1.165) is 24.3 Å². The highest BCUT2D eigenvalue weighted by Crippen LogP contribution is 2.27. The number of rotatable bonds is 6. The van der Waals surface area contributed by atoms with Crippen molar-refractivity contribution in [3.63, 3.8) is 0 Å². The average Bonchev–Trinajstić information content (AvgIpc) is 2.77. The number of halogens is 2. The van der Waals surface area contributed by atoms with Crippen LogP contribution in [0.5, 0.6) is 0 Å². The van der Waals surface area contributed by atoms with Crippen molar-refractivity contribution in [2.45, 2.75) is 19.4 Å². The lowest BCUT2D eigenvalue weighted by molar-refractivity contribution is 0.0943. The van der Waals surface area contributed by atoms with Gasteiger partial charge in [-0.3, -0.25) is 4.79 Å². The van der Waals surface area contributed by atoms with Crippen molar-refractivity contribution < 1.29 is 4.79 Å². The number of likely N-dealkylation sites (N-methyl/N-ethyl adjacent to an activating group) is 1. The van der Waals surface area contributed by atoms with Crippen LogP contribution in [0.3, 0.4) is 0 Å². The summed E-state index contributed by atoms with van der Waals surface area (Å²) in [7, 11) is 0. The third-order valence-corrected chi connectivity index (χ3v) is 5.90.